The van der Waals surface area contributed by atoms with Crippen molar-refractivity contribution in [3.63, 3.8) is 0 Å². The van der Waals surface area contributed by atoms with E-state index in [-0.39, 0.29) is 6.42 Å². The normalized spacial score (nSPS) is 12.9. The van der Waals surface area contributed by atoms with E-state index in [0.29, 0.717) is 5.69 Å². The summed E-state index contributed by atoms with van der Waals surface area (Å²) >= 11 is 0. The fourth-order valence-corrected chi connectivity index (χ4v) is 0.905. The Morgan fingerprint density at radius 2 is 2.11 bits per heavy atom. The predicted molar refractivity (Wildman–Crippen MR) is 48.5 cm³/mol. The van der Waals surface area contributed by atoms with E-state index in [9.17, 15) is 22.8 Å². The maximum absolute atomic E-state index is 11.7. The van der Waals surface area contributed by atoms with Crippen molar-refractivity contribution in [1.29, 1.82) is 0 Å². The molecule has 1 aromatic heterocycles. The van der Waals surface area contributed by atoms with Crippen LogP contribution in [-0.2, 0) is 25.8 Å². The number of aromatic nitrogens is 2. The van der Waals surface area contributed by atoms with Crippen LogP contribution in [0.3, 0.4) is 0 Å². The van der Waals surface area contributed by atoms with Crippen LogP contribution >= 0.6 is 0 Å². The summed E-state index contributed by atoms with van der Waals surface area (Å²) in [4.78, 5) is 34.5. The number of carbonyl (C=O) groups is 2. The number of carbonyl (C=O) groups excluding carboxylic acids is 2. The molecule has 10 heteroatoms. The Morgan fingerprint density at radius 3 is 2.61 bits per heavy atom. The summed E-state index contributed by atoms with van der Waals surface area (Å²) in [5.74, 6) is -3.94. The van der Waals surface area contributed by atoms with E-state index >= 15 is 0 Å². The summed E-state index contributed by atoms with van der Waals surface area (Å²) in [5, 5.41) is 0. The van der Waals surface area contributed by atoms with Crippen molar-refractivity contribution in [1.82, 2.24) is 9.97 Å². The number of imidazole rings is 1. The molecule has 1 atom stereocenters. The SMILES string of the molecule is NC(Cc1cnc[nH]1)C(=O)OOC(=O)C(F)(F)F. The average Bonchev–Trinajstić information content (AvgIpc) is 2.76. The molecule has 1 unspecified atom stereocenters. The van der Waals surface area contributed by atoms with Crippen LogP contribution in [0.25, 0.3) is 0 Å². The Balaban J connectivity index is 2.39. The third-order valence-electron chi connectivity index (χ3n) is 1.73. The largest absolute Gasteiger partial charge is 0.495 e. The number of nitrogens with two attached hydrogens (primary N) is 1. The lowest BCUT2D eigenvalue weighted by Crippen LogP contribution is -2.36. The van der Waals surface area contributed by atoms with Gasteiger partial charge in [-0.15, -0.1) is 0 Å². The minimum absolute atomic E-state index is 0.0532. The van der Waals surface area contributed by atoms with E-state index in [4.69, 9.17) is 5.73 Å². The molecule has 0 saturated carbocycles. The van der Waals surface area contributed by atoms with Crippen molar-refractivity contribution in [3.05, 3.63) is 18.2 Å². The molecule has 0 aliphatic rings. The molecule has 0 saturated heterocycles. The van der Waals surface area contributed by atoms with Crippen molar-refractivity contribution in [3.8, 4) is 0 Å². The summed E-state index contributed by atoms with van der Waals surface area (Å²) in [6, 6.07) is -1.29. The topological polar surface area (TPSA) is 107 Å². The number of hydrogen-bond acceptors (Lipinski definition) is 6. The highest BCUT2D eigenvalue weighted by Gasteiger charge is 2.43. The molecule has 0 aromatic carbocycles. The van der Waals surface area contributed by atoms with Gasteiger partial charge in [0.05, 0.1) is 6.33 Å². The van der Waals surface area contributed by atoms with Crippen LogP contribution in [0, 0.1) is 0 Å². The molecule has 1 rings (SSSR count). The van der Waals surface area contributed by atoms with E-state index in [2.05, 4.69) is 19.7 Å². The van der Waals surface area contributed by atoms with Gasteiger partial charge in [-0.05, 0) is 0 Å². The lowest BCUT2D eigenvalue weighted by Gasteiger charge is -2.09. The molecule has 18 heavy (non-hydrogen) atoms. The molecule has 7 nitrogen and oxygen atoms in total. The highest BCUT2D eigenvalue weighted by molar-refractivity contribution is 5.79. The predicted octanol–water partition coefficient (Wildman–Crippen LogP) is -0.157. The summed E-state index contributed by atoms with van der Waals surface area (Å²) in [6.45, 7) is 0. The van der Waals surface area contributed by atoms with Gasteiger partial charge in [-0.1, -0.05) is 0 Å². The molecule has 0 bridgehead atoms. The fourth-order valence-electron chi connectivity index (χ4n) is 0.905. The molecule has 0 fully saturated rings. The zero-order valence-corrected chi connectivity index (χ0v) is 8.73. The summed E-state index contributed by atoms with van der Waals surface area (Å²) in [6.07, 6.45) is -2.60. The molecule has 0 aliphatic heterocycles. The first-order valence-electron chi connectivity index (χ1n) is 4.53. The molecule has 0 aliphatic carbocycles. The number of halogens is 3. The Bertz CT molecular complexity index is 418. The Kier molecular flexibility index (Phi) is 4.26. The maximum Gasteiger partial charge on any atom is 0.495 e. The van der Waals surface area contributed by atoms with Crippen molar-refractivity contribution in [2.24, 2.45) is 5.73 Å². The Morgan fingerprint density at radius 1 is 1.44 bits per heavy atom. The van der Waals surface area contributed by atoms with Crippen molar-refractivity contribution in [2.45, 2.75) is 18.6 Å². The lowest BCUT2D eigenvalue weighted by molar-refractivity contribution is -0.286. The van der Waals surface area contributed by atoms with Gasteiger partial charge in [0.25, 0.3) is 0 Å². The number of rotatable bonds is 3. The number of aromatic amines is 1. The van der Waals surface area contributed by atoms with E-state index in [0.717, 1.165) is 0 Å². The third-order valence-corrected chi connectivity index (χ3v) is 1.73. The van der Waals surface area contributed by atoms with Crippen LogP contribution in [0.2, 0.25) is 0 Å². The van der Waals surface area contributed by atoms with Crippen LogP contribution in [0.15, 0.2) is 12.5 Å². The van der Waals surface area contributed by atoms with Gasteiger partial charge in [0, 0.05) is 18.3 Å². The quantitative estimate of drug-likeness (QED) is 0.582. The zero-order chi connectivity index (χ0) is 13.8. The Hall–Kier alpha value is -2.10. The van der Waals surface area contributed by atoms with Gasteiger partial charge in [0.1, 0.15) is 6.04 Å². The number of nitrogens with one attached hydrogen (secondary N) is 1. The molecule has 0 spiro atoms. The van der Waals surface area contributed by atoms with Gasteiger partial charge >= 0.3 is 18.1 Å². The molecule has 1 heterocycles. The second-order valence-corrected chi connectivity index (χ2v) is 3.16. The minimum Gasteiger partial charge on any atom is -0.348 e. The molecule has 1 aromatic rings. The number of hydrogen-bond donors (Lipinski definition) is 2. The standard InChI is InChI=1S/C8H8F3N3O4/c9-8(10,11)7(16)18-17-6(15)5(12)1-4-2-13-3-14-4/h2-3,5H,1,12H2,(H,13,14). The maximum atomic E-state index is 11.7. The summed E-state index contributed by atoms with van der Waals surface area (Å²) in [5.41, 5.74) is 5.78. The third kappa shape index (κ3) is 4.05. The number of alkyl halides is 3. The van der Waals surface area contributed by atoms with Crippen molar-refractivity contribution < 1.29 is 32.5 Å². The monoisotopic (exact) mass is 267 g/mol. The molecule has 100 valence electrons. The first kappa shape index (κ1) is 14.0. The van der Waals surface area contributed by atoms with E-state index in [1.807, 2.05) is 0 Å². The molecular formula is C8H8F3N3O4. The van der Waals surface area contributed by atoms with E-state index < -0.39 is 24.2 Å². The molecular weight excluding hydrogens is 259 g/mol. The second kappa shape index (κ2) is 5.49. The van der Waals surface area contributed by atoms with Crippen LogP contribution in [0.5, 0.6) is 0 Å². The van der Waals surface area contributed by atoms with Gasteiger partial charge in [-0.25, -0.2) is 24.3 Å². The molecule has 3 N–H and O–H groups in total. The molecule has 0 amide bonds. The van der Waals surface area contributed by atoms with Gasteiger partial charge in [-0.3, -0.25) is 0 Å². The average molecular weight is 267 g/mol. The Labute approximate surface area is 98.0 Å². The van der Waals surface area contributed by atoms with Crippen LogP contribution in [0.4, 0.5) is 13.2 Å². The van der Waals surface area contributed by atoms with E-state index in [1.54, 1.807) is 0 Å². The second-order valence-electron chi connectivity index (χ2n) is 3.16. The van der Waals surface area contributed by atoms with Gasteiger partial charge < -0.3 is 10.7 Å². The van der Waals surface area contributed by atoms with Crippen molar-refractivity contribution >= 4 is 11.9 Å². The highest BCUT2D eigenvalue weighted by Crippen LogP contribution is 2.16. The number of H-pyrrole nitrogens is 1. The lowest BCUT2D eigenvalue weighted by atomic mass is 10.2. The molecule has 0 radical (unpaired) electrons. The zero-order valence-electron chi connectivity index (χ0n) is 8.73. The number of nitrogens with zero attached hydrogens (tertiary/aromatic N) is 1. The van der Waals surface area contributed by atoms with Crippen LogP contribution < -0.4 is 5.73 Å². The van der Waals surface area contributed by atoms with Gasteiger partial charge in [0.2, 0.25) is 0 Å². The van der Waals surface area contributed by atoms with Crippen molar-refractivity contribution in [2.75, 3.05) is 0 Å². The highest BCUT2D eigenvalue weighted by atomic mass is 19.4. The van der Waals surface area contributed by atoms with E-state index in [1.165, 1.54) is 12.5 Å². The first-order valence-corrected chi connectivity index (χ1v) is 4.53. The van der Waals surface area contributed by atoms with Crippen LogP contribution in [0.1, 0.15) is 5.69 Å². The minimum atomic E-state index is -5.24. The van der Waals surface area contributed by atoms with Gasteiger partial charge in [0.15, 0.2) is 0 Å². The summed E-state index contributed by atoms with van der Waals surface area (Å²) in [7, 11) is 0. The summed E-state index contributed by atoms with van der Waals surface area (Å²) < 4.78 is 35.1. The first-order chi connectivity index (χ1) is 8.30. The smallest absolute Gasteiger partial charge is 0.348 e. The fraction of sp³-hybridized carbons (Fsp3) is 0.375. The van der Waals surface area contributed by atoms with Crippen LogP contribution in [-0.4, -0.2) is 34.1 Å². The van der Waals surface area contributed by atoms with Gasteiger partial charge in [-0.2, -0.15) is 13.2 Å².